The van der Waals surface area contributed by atoms with Gasteiger partial charge in [0.2, 0.25) is 5.16 Å². The largest absolute Gasteiger partial charge is 0.214 e. The van der Waals surface area contributed by atoms with Crippen molar-refractivity contribution in [2.45, 2.75) is 10.9 Å². The molecule has 0 aliphatic heterocycles. The highest BCUT2D eigenvalue weighted by atomic mass is 32.2. The summed E-state index contributed by atoms with van der Waals surface area (Å²) in [6.45, 7) is 0. The van der Waals surface area contributed by atoms with Crippen LogP contribution in [0.25, 0.3) is 11.4 Å². The Morgan fingerprint density at radius 1 is 0.708 bits per heavy atom. The van der Waals surface area contributed by atoms with Crippen LogP contribution in [0.15, 0.2) is 65.8 Å². The van der Waals surface area contributed by atoms with Crippen LogP contribution in [0.5, 0.6) is 0 Å². The van der Waals surface area contributed by atoms with E-state index in [4.69, 9.17) is 0 Å². The molecular formula is C15H12N8S. The summed E-state index contributed by atoms with van der Waals surface area (Å²) in [4.78, 5) is 0. The van der Waals surface area contributed by atoms with Gasteiger partial charge in [-0.25, -0.2) is 0 Å². The van der Waals surface area contributed by atoms with E-state index >= 15 is 0 Å². The molecule has 0 spiro atoms. The van der Waals surface area contributed by atoms with Crippen LogP contribution in [0.2, 0.25) is 0 Å². The van der Waals surface area contributed by atoms with E-state index in [9.17, 15) is 0 Å². The predicted octanol–water partition coefficient (Wildman–Crippen LogP) is 1.93. The first-order valence-electron chi connectivity index (χ1n) is 7.21. The van der Waals surface area contributed by atoms with E-state index < -0.39 is 0 Å². The lowest BCUT2D eigenvalue weighted by atomic mass is 10.3. The van der Waals surface area contributed by atoms with Gasteiger partial charge in [-0.2, -0.15) is 9.36 Å². The smallest absolute Gasteiger partial charge is 0.196 e. The van der Waals surface area contributed by atoms with Crippen LogP contribution >= 0.6 is 11.8 Å². The number of thioether (sulfide) groups is 1. The molecule has 0 amide bonds. The molecule has 4 rings (SSSR count). The molecule has 8 nitrogen and oxygen atoms in total. The third kappa shape index (κ3) is 2.88. The Morgan fingerprint density at radius 3 is 2.00 bits per heavy atom. The molecule has 4 aromatic rings. The van der Waals surface area contributed by atoms with Crippen LogP contribution in [-0.4, -0.2) is 40.4 Å². The van der Waals surface area contributed by atoms with Crippen molar-refractivity contribution < 1.29 is 0 Å². The Hall–Kier alpha value is -3.07. The standard InChI is InChI=1S/C15H12N8S/c1-3-7-12(8-4-1)22-14(16-18-20-22)11-24-15-17-19-21-23(15)13-9-5-2-6-10-13/h1-10H,11H2. The molecule has 2 aromatic carbocycles. The normalized spacial score (nSPS) is 10.8. The fourth-order valence-corrected chi connectivity index (χ4v) is 2.99. The minimum atomic E-state index is 0.551. The highest BCUT2D eigenvalue weighted by molar-refractivity contribution is 7.98. The number of para-hydroxylation sites is 2. The van der Waals surface area contributed by atoms with Crippen molar-refractivity contribution in [1.29, 1.82) is 0 Å². The number of tetrazole rings is 2. The van der Waals surface area contributed by atoms with E-state index in [2.05, 4.69) is 31.1 Å². The minimum Gasteiger partial charge on any atom is -0.196 e. The predicted molar refractivity (Wildman–Crippen MR) is 87.9 cm³/mol. The summed E-state index contributed by atoms with van der Waals surface area (Å²) >= 11 is 1.48. The average Bonchev–Trinajstić information content (AvgIpc) is 3.30. The molecule has 0 atom stereocenters. The second kappa shape index (κ2) is 6.59. The lowest BCUT2D eigenvalue weighted by molar-refractivity contribution is 0.755. The van der Waals surface area contributed by atoms with Crippen LogP contribution in [0.3, 0.4) is 0 Å². The van der Waals surface area contributed by atoms with Gasteiger partial charge in [0.1, 0.15) is 0 Å². The molecule has 0 saturated heterocycles. The van der Waals surface area contributed by atoms with E-state index in [0.29, 0.717) is 10.9 Å². The summed E-state index contributed by atoms with van der Waals surface area (Å²) in [6.07, 6.45) is 0. The van der Waals surface area contributed by atoms with E-state index in [1.165, 1.54) is 11.8 Å². The maximum Gasteiger partial charge on any atom is 0.214 e. The maximum absolute atomic E-state index is 4.10. The fraction of sp³-hybridized carbons (Fsp3) is 0.0667. The second-order valence-corrected chi connectivity index (χ2v) is 5.78. The van der Waals surface area contributed by atoms with Gasteiger partial charge in [0.15, 0.2) is 5.82 Å². The van der Waals surface area contributed by atoms with Gasteiger partial charge in [0.25, 0.3) is 0 Å². The Balaban J connectivity index is 1.56. The SMILES string of the molecule is c1ccc(-n2nnnc2CSc2nnnn2-c2ccccc2)cc1. The molecule has 118 valence electrons. The van der Waals surface area contributed by atoms with Crippen LogP contribution in [0.1, 0.15) is 5.82 Å². The molecule has 2 aromatic heterocycles. The maximum atomic E-state index is 4.10. The summed E-state index contributed by atoms with van der Waals surface area (Å²) in [5.74, 6) is 1.28. The molecule has 0 bridgehead atoms. The average molecular weight is 336 g/mol. The molecule has 0 unspecified atom stereocenters. The minimum absolute atomic E-state index is 0.551. The molecular weight excluding hydrogens is 324 g/mol. The number of hydrogen-bond acceptors (Lipinski definition) is 7. The molecule has 24 heavy (non-hydrogen) atoms. The zero-order chi connectivity index (χ0) is 16.2. The molecule has 0 aliphatic rings. The molecule has 0 N–H and O–H groups in total. The number of aromatic nitrogens is 8. The number of rotatable bonds is 5. The van der Waals surface area contributed by atoms with E-state index in [1.54, 1.807) is 9.36 Å². The molecule has 0 saturated carbocycles. The van der Waals surface area contributed by atoms with Gasteiger partial charge in [0.05, 0.1) is 17.1 Å². The Morgan fingerprint density at radius 2 is 1.29 bits per heavy atom. The van der Waals surface area contributed by atoms with Crippen molar-refractivity contribution in [2.24, 2.45) is 0 Å². The van der Waals surface area contributed by atoms with Gasteiger partial charge in [-0.15, -0.1) is 10.2 Å². The van der Waals surface area contributed by atoms with Gasteiger partial charge in [-0.1, -0.05) is 48.2 Å². The van der Waals surface area contributed by atoms with Gasteiger partial charge in [0, 0.05) is 0 Å². The quantitative estimate of drug-likeness (QED) is 0.515. The lowest BCUT2D eigenvalue weighted by Crippen LogP contribution is -2.03. The number of hydrogen-bond donors (Lipinski definition) is 0. The van der Waals surface area contributed by atoms with Crippen molar-refractivity contribution in [2.75, 3.05) is 0 Å². The topological polar surface area (TPSA) is 87.2 Å². The Bertz CT molecular complexity index is 841. The third-order valence-corrected chi connectivity index (χ3v) is 4.22. The summed E-state index contributed by atoms with van der Waals surface area (Å²) in [7, 11) is 0. The summed E-state index contributed by atoms with van der Waals surface area (Å²) in [6, 6.07) is 19.5. The lowest BCUT2D eigenvalue weighted by Gasteiger charge is -2.05. The highest BCUT2D eigenvalue weighted by Gasteiger charge is 2.13. The molecule has 0 aliphatic carbocycles. The third-order valence-electron chi connectivity index (χ3n) is 3.31. The van der Waals surface area contributed by atoms with Crippen LogP contribution in [0.4, 0.5) is 0 Å². The summed E-state index contributed by atoms with van der Waals surface area (Å²) in [5.41, 5.74) is 1.83. The van der Waals surface area contributed by atoms with E-state index in [1.807, 2.05) is 60.7 Å². The first-order valence-corrected chi connectivity index (χ1v) is 8.19. The Labute approximate surface area is 141 Å². The van der Waals surface area contributed by atoms with Gasteiger partial charge in [-0.05, 0) is 45.1 Å². The van der Waals surface area contributed by atoms with E-state index in [0.717, 1.165) is 17.2 Å². The van der Waals surface area contributed by atoms with Crippen LogP contribution in [-0.2, 0) is 5.75 Å². The zero-order valence-corrected chi connectivity index (χ0v) is 13.3. The highest BCUT2D eigenvalue weighted by Crippen LogP contribution is 2.22. The fourth-order valence-electron chi connectivity index (χ4n) is 2.19. The van der Waals surface area contributed by atoms with Crippen LogP contribution in [0, 0.1) is 0 Å². The first kappa shape index (κ1) is 14.5. The van der Waals surface area contributed by atoms with Crippen molar-refractivity contribution >= 4 is 11.8 Å². The van der Waals surface area contributed by atoms with Crippen LogP contribution < -0.4 is 0 Å². The van der Waals surface area contributed by atoms with Gasteiger partial charge in [-0.3, -0.25) is 0 Å². The van der Waals surface area contributed by atoms with Crippen molar-refractivity contribution in [3.8, 4) is 11.4 Å². The van der Waals surface area contributed by atoms with Crippen molar-refractivity contribution in [3.63, 3.8) is 0 Å². The molecule has 0 radical (unpaired) electrons. The van der Waals surface area contributed by atoms with E-state index in [-0.39, 0.29) is 0 Å². The first-order chi connectivity index (χ1) is 11.9. The van der Waals surface area contributed by atoms with Crippen molar-refractivity contribution in [1.82, 2.24) is 40.4 Å². The van der Waals surface area contributed by atoms with Gasteiger partial charge < -0.3 is 0 Å². The molecule has 0 fully saturated rings. The summed E-state index contributed by atoms with van der Waals surface area (Å²) in [5, 5.41) is 24.5. The number of nitrogens with zero attached hydrogens (tertiary/aromatic N) is 8. The summed E-state index contributed by atoms with van der Waals surface area (Å²) < 4.78 is 3.41. The zero-order valence-electron chi connectivity index (χ0n) is 12.5. The Kier molecular flexibility index (Phi) is 3.98. The second-order valence-electron chi connectivity index (χ2n) is 4.84. The monoisotopic (exact) mass is 336 g/mol. The molecule has 2 heterocycles. The van der Waals surface area contributed by atoms with Crippen molar-refractivity contribution in [3.05, 3.63) is 66.5 Å². The molecule has 9 heteroatoms. The number of benzene rings is 2. The van der Waals surface area contributed by atoms with Gasteiger partial charge >= 0.3 is 0 Å².